The fourth-order valence-electron chi connectivity index (χ4n) is 1.85. The molecule has 0 aliphatic rings. The van der Waals surface area contributed by atoms with Crippen LogP contribution in [0.5, 0.6) is 0 Å². The summed E-state index contributed by atoms with van der Waals surface area (Å²) >= 11 is 0. The highest BCUT2D eigenvalue weighted by molar-refractivity contribution is 5.45. The Bertz CT molecular complexity index is 539. The van der Waals surface area contributed by atoms with Crippen molar-refractivity contribution in [3.63, 3.8) is 0 Å². The molecule has 2 heterocycles. The summed E-state index contributed by atoms with van der Waals surface area (Å²) in [5.74, 6) is 0.0926. The van der Waals surface area contributed by atoms with Crippen molar-refractivity contribution in [2.75, 3.05) is 12.8 Å². The maximum Gasteiger partial charge on any atom is 0.141 e. The number of aryl methyl sites for hydroxylation is 1. The number of anilines is 1. The normalized spacial score (nSPS) is 12.4. The van der Waals surface area contributed by atoms with Gasteiger partial charge < -0.3 is 11.1 Å². The Labute approximate surface area is 105 Å². The molecule has 3 N–H and O–H groups in total. The minimum absolute atomic E-state index is 0.196. The minimum Gasteiger partial charge on any atom is -0.383 e. The quantitative estimate of drug-likeness (QED) is 0.867. The molecule has 0 aromatic carbocycles. The summed E-state index contributed by atoms with van der Waals surface area (Å²) in [4.78, 5) is 8.20. The number of pyridine rings is 2. The zero-order valence-corrected chi connectivity index (χ0v) is 10.3. The lowest BCUT2D eigenvalue weighted by molar-refractivity contribution is 0.609. The molecule has 2 aromatic heterocycles. The number of nitrogen functional groups attached to an aromatic ring is 1. The lowest BCUT2D eigenvalue weighted by Crippen LogP contribution is -2.20. The van der Waals surface area contributed by atoms with E-state index in [4.69, 9.17) is 5.73 Å². The number of hydrogen-bond acceptors (Lipinski definition) is 4. The molecule has 0 saturated carbocycles. The Morgan fingerprint density at radius 1 is 1.28 bits per heavy atom. The first-order chi connectivity index (χ1) is 8.61. The van der Waals surface area contributed by atoms with Gasteiger partial charge in [-0.05, 0) is 37.7 Å². The Balaban J connectivity index is 2.44. The molecule has 1 unspecified atom stereocenters. The van der Waals surface area contributed by atoms with Gasteiger partial charge in [-0.25, -0.2) is 9.37 Å². The van der Waals surface area contributed by atoms with Crippen LogP contribution in [0.25, 0.3) is 0 Å². The van der Waals surface area contributed by atoms with Crippen molar-refractivity contribution < 1.29 is 4.39 Å². The van der Waals surface area contributed by atoms with E-state index >= 15 is 0 Å². The molecule has 18 heavy (non-hydrogen) atoms. The van der Waals surface area contributed by atoms with Crippen LogP contribution in [0.2, 0.25) is 0 Å². The largest absolute Gasteiger partial charge is 0.383 e. The topological polar surface area (TPSA) is 63.8 Å². The number of nitrogens with one attached hydrogen (secondary N) is 1. The first-order valence-electron chi connectivity index (χ1n) is 5.62. The maximum absolute atomic E-state index is 12.9. The van der Waals surface area contributed by atoms with Gasteiger partial charge in [0.1, 0.15) is 11.6 Å². The summed E-state index contributed by atoms with van der Waals surface area (Å²) in [6, 6.07) is 4.77. The fourth-order valence-corrected chi connectivity index (χ4v) is 1.85. The smallest absolute Gasteiger partial charge is 0.141 e. The zero-order chi connectivity index (χ0) is 13.1. The molecule has 0 fully saturated rings. The summed E-state index contributed by atoms with van der Waals surface area (Å²) < 4.78 is 12.9. The van der Waals surface area contributed by atoms with Gasteiger partial charge in [0.15, 0.2) is 0 Å². The molecule has 0 aliphatic heterocycles. The molecule has 94 valence electrons. The molecular formula is C13H15FN4. The SMILES string of the molecule is CNC(c1ccc(F)cn1)c1cc(C)cnc1N. The molecule has 0 saturated heterocycles. The second-order valence-corrected chi connectivity index (χ2v) is 4.11. The van der Waals surface area contributed by atoms with Crippen molar-refractivity contribution in [1.29, 1.82) is 0 Å². The van der Waals surface area contributed by atoms with Gasteiger partial charge in [-0.1, -0.05) is 0 Å². The molecule has 0 bridgehead atoms. The molecule has 2 aromatic rings. The van der Waals surface area contributed by atoms with Crippen LogP contribution in [-0.2, 0) is 0 Å². The molecule has 1 atom stereocenters. The Morgan fingerprint density at radius 2 is 2.06 bits per heavy atom. The van der Waals surface area contributed by atoms with Crippen LogP contribution in [-0.4, -0.2) is 17.0 Å². The molecular weight excluding hydrogens is 231 g/mol. The summed E-state index contributed by atoms with van der Waals surface area (Å²) in [6.45, 7) is 1.95. The number of halogens is 1. The van der Waals surface area contributed by atoms with Gasteiger partial charge in [-0.2, -0.15) is 0 Å². The van der Waals surface area contributed by atoms with E-state index in [0.717, 1.165) is 11.1 Å². The van der Waals surface area contributed by atoms with E-state index in [1.807, 2.05) is 13.0 Å². The molecule has 2 rings (SSSR count). The van der Waals surface area contributed by atoms with Gasteiger partial charge >= 0.3 is 0 Å². The molecule has 5 heteroatoms. The van der Waals surface area contributed by atoms with Crippen LogP contribution in [0.1, 0.15) is 22.9 Å². The maximum atomic E-state index is 12.9. The van der Waals surface area contributed by atoms with E-state index in [-0.39, 0.29) is 11.9 Å². The highest BCUT2D eigenvalue weighted by atomic mass is 19.1. The van der Waals surface area contributed by atoms with E-state index in [9.17, 15) is 4.39 Å². The molecule has 0 spiro atoms. The monoisotopic (exact) mass is 246 g/mol. The summed E-state index contributed by atoms with van der Waals surface area (Å²) in [7, 11) is 1.80. The van der Waals surface area contributed by atoms with Crippen molar-refractivity contribution in [1.82, 2.24) is 15.3 Å². The predicted octanol–water partition coefficient (Wildman–Crippen LogP) is 1.82. The molecule has 0 radical (unpaired) electrons. The number of nitrogens with two attached hydrogens (primary N) is 1. The third-order valence-electron chi connectivity index (χ3n) is 2.73. The standard InChI is InChI=1S/C13H15FN4/c1-8-5-10(13(15)18-6-8)12(16-2)11-4-3-9(14)7-17-11/h3-7,12,16H,1-2H3,(H2,15,18). The van der Waals surface area contributed by atoms with Crippen molar-refractivity contribution in [3.05, 3.63) is 53.2 Å². The van der Waals surface area contributed by atoms with Gasteiger partial charge in [0.25, 0.3) is 0 Å². The van der Waals surface area contributed by atoms with Gasteiger partial charge in [0.2, 0.25) is 0 Å². The highest BCUT2D eigenvalue weighted by Gasteiger charge is 2.17. The van der Waals surface area contributed by atoms with E-state index in [2.05, 4.69) is 15.3 Å². The van der Waals surface area contributed by atoms with Gasteiger partial charge in [0, 0.05) is 11.8 Å². The van der Waals surface area contributed by atoms with Crippen molar-refractivity contribution in [2.24, 2.45) is 0 Å². The average Bonchev–Trinajstić information content (AvgIpc) is 2.37. The van der Waals surface area contributed by atoms with Gasteiger partial charge in [-0.3, -0.25) is 4.98 Å². The number of rotatable bonds is 3. The first-order valence-corrected chi connectivity index (χ1v) is 5.62. The van der Waals surface area contributed by atoms with Crippen molar-refractivity contribution in [3.8, 4) is 0 Å². The molecule has 0 amide bonds. The summed E-state index contributed by atoms with van der Waals surface area (Å²) in [6.07, 6.45) is 2.91. The summed E-state index contributed by atoms with van der Waals surface area (Å²) in [5.41, 5.74) is 8.45. The van der Waals surface area contributed by atoms with E-state index in [1.54, 1.807) is 19.3 Å². The highest BCUT2D eigenvalue weighted by Crippen LogP contribution is 2.24. The van der Waals surface area contributed by atoms with Crippen LogP contribution in [0.15, 0.2) is 30.6 Å². The Kier molecular flexibility index (Phi) is 3.53. The van der Waals surface area contributed by atoms with Gasteiger partial charge in [0.05, 0.1) is 17.9 Å². The van der Waals surface area contributed by atoms with Crippen LogP contribution >= 0.6 is 0 Å². The third-order valence-corrected chi connectivity index (χ3v) is 2.73. The van der Waals surface area contributed by atoms with Crippen LogP contribution < -0.4 is 11.1 Å². The third kappa shape index (κ3) is 2.46. The molecule has 0 aliphatic carbocycles. The van der Waals surface area contributed by atoms with Crippen LogP contribution in [0.3, 0.4) is 0 Å². The van der Waals surface area contributed by atoms with E-state index < -0.39 is 0 Å². The van der Waals surface area contributed by atoms with Crippen LogP contribution in [0, 0.1) is 12.7 Å². The number of aromatic nitrogens is 2. The Morgan fingerprint density at radius 3 is 2.67 bits per heavy atom. The Hall–Kier alpha value is -2.01. The van der Waals surface area contributed by atoms with Gasteiger partial charge in [-0.15, -0.1) is 0 Å². The first kappa shape index (κ1) is 12.4. The van der Waals surface area contributed by atoms with Crippen LogP contribution in [0.4, 0.5) is 10.2 Å². The fraction of sp³-hybridized carbons (Fsp3) is 0.231. The van der Waals surface area contributed by atoms with E-state index in [1.165, 1.54) is 12.3 Å². The predicted molar refractivity (Wildman–Crippen MR) is 68.5 cm³/mol. The molecule has 4 nitrogen and oxygen atoms in total. The second kappa shape index (κ2) is 5.10. The van der Waals surface area contributed by atoms with Crippen molar-refractivity contribution in [2.45, 2.75) is 13.0 Å². The number of hydrogen-bond donors (Lipinski definition) is 2. The van der Waals surface area contributed by atoms with Crippen molar-refractivity contribution >= 4 is 5.82 Å². The minimum atomic E-state index is -0.357. The lowest BCUT2D eigenvalue weighted by atomic mass is 10.0. The summed E-state index contributed by atoms with van der Waals surface area (Å²) in [5, 5.41) is 3.12. The average molecular weight is 246 g/mol. The second-order valence-electron chi connectivity index (χ2n) is 4.11. The zero-order valence-electron chi connectivity index (χ0n) is 10.3. The van der Waals surface area contributed by atoms with E-state index in [0.29, 0.717) is 11.5 Å². The lowest BCUT2D eigenvalue weighted by Gasteiger charge is -2.17. The number of nitrogens with zero attached hydrogens (tertiary/aromatic N) is 2.